The summed E-state index contributed by atoms with van der Waals surface area (Å²) in [4.78, 5) is 35.9. The topological polar surface area (TPSA) is 111 Å². The number of aromatic nitrogens is 2. The first-order chi connectivity index (χ1) is 13.6. The summed E-state index contributed by atoms with van der Waals surface area (Å²) in [5, 5.41) is 12.2. The van der Waals surface area contributed by atoms with Gasteiger partial charge in [-0.3, -0.25) is 4.79 Å². The van der Waals surface area contributed by atoms with Crippen molar-refractivity contribution in [2.45, 2.75) is 6.92 Å². The number of para-hydroxylation sites is 1. The van der Waals surface area contributed by atoms with Crippen molar-refractivity contribution in [3.63, 3.8) is 0 Å². The molecule has 3 rings (SSSR count). The van der Waals surface area contributed by atoms with Crippen LogP contribution in [-0.4, -0.2) is 64.6 Å². The Hall–Kier alpha value is -3.67. The number of ether oxygens (including phenoxy) is 1. The van der Waals surface area contributed by atoms with Gasteiger partial charge in [0.1, 0.15) is 17.6 Å². The third-order valence-corrected chi connectivity index (χ3v) is 4.27. The number of rotatable bonds is 4. The summed E-state index contributed by atoms with van der Waals surface area (Å²) in [5.74, 6) is 0.200. The van der Waals surface area contributed by atoms with Crippen molar-refractivity contribution in [1.82, 2.24) is 19.8 Å². The van der Waals surface area contributed by atoms with E-state index in [2.05, 4.69) is 21.4 Å². The summed E-state index contributed by atoms with van der Waals surface area (Å²) in [7, 11) is 0. The molecule has 1 fully saturated rings. The van der Waals surface area contributed by atoms with Crippen molar-refractivity contribution < 1.29 is 14.3 Å². The minimum atomic E-state index is -0.359. The maximum absolute atomic E-state index is 12.6. The van der Waals surface area contributed by atoms with Gasteiger partial charge in [0.15, 0.2) is 0 Å². The zero-order valence-electron chi connectivity index (χ0n) is 15.5. The molecule has 0 spiro atoms. The molecule has 1 saturated heterocycles. The number of anilines is 2. The number of carbonyl (C=O) groups is 2. The number of nitriles is 1. The molecular weight excluding hydrogens is 360 g/mol. The van der Waals surface area contributed by atoms with Gasteiger partial charge in [-0.15, -0.1) is 0 Å². The molecule has 1 aromatic heterocycles. The molecule has 0 aliphatic carbocycles. The highest BCUT2D eigenvalue weighted by atomic mass is 16.6. The number of nitrogens with zero attached hydrogens (tertiary/aromatic N) is 5. The lowest BCUT2D eigenvalue weighted by Crippen LogP contribution is -2.50. The highest BCUT2D eigenvalue weighted by Crippen LogP contribution is 2.18. The smallest absolute Gasteiger partial charge is 0.409 e. The van der Waals surface area contributed by atoms with E-state index in [4.69, 9.17) is 10.00 Å². The van der Waals surface area contributed by atoms with Gasteiger partial charge in [0, 0.05) is 26.2 Å². The Balaban J connectivity index is 1.60. The molecule has 0 atom stereocenters. The molecule has 28 heavy (non-hydrogen) atoms. The number of carbonyl (C=O) groups excluding carboxylic acids is 2. The van der Waals surface area contributed by atoms with Gasteiger partial charge in [0.2, 0.25) is 0 Å². The lowest BCUT2D eigenvalue weighted by molar-refractivity contribution is 0.0565. The normalized spacial score (nSPS) is 13.6. The third kappa shape index (κ3) is 4.35. The van der Waals surface area contributed by atoms with E-state index in [1.54, 1.807) is 34.9 Å². The molecule has 0 saturated carbocycles. The molecule has 2 aromatic rings. The van der Waals surface area contributed by atoms with Crippen LogP contribution in [0.25, 0.3) is 0 Å². The fourth-order valence-electron chi connectivity index (χ4n) is 2.80. The van der Waals surface area contributed by atoms with Gasteiger partial charge in [-0.2, -0.15) is 5.26 Å². The Morgan fingerprint density at radius 3 is 2.50 bits per heavy atom. The molecular formula is C19H20N6O3. The van der Waals surface area contributed by atoms with Crippen LogP contribution in [0.2, 0.25) is 0 Å². The molecule has 0 bridgehead atoms. The quantitative estimate of drug-likeness (QED) is 0.863. The highest BCUT2D eigenvalue weighted by molar-refractivity contribution is 5.92. The minimum absolute atomic E-state index is 0.226. The molecule has 0 unspecified atom stereocenters. The minimum Gasteiger partial charge on any atom is -0.450 e. The molecule has 2 amide bonds. The molecule has 1 N–H and O–H groups in total. The van der Waals surface area contributed by atoms with Gasteiger partial charge in [-0.1, -0.05) is 12.1 Å². The monoisotopic (exact) mass is 380 g/mol. The number of hydrogen-bond donors (Lipinski definition) is 1. The van der Waals surface area contributed by atoms with Crippen LogP contribution >= 0.6 is 0 Å². The van der Waals surface area contributed by atoms with Crippen LogP contribution in [0.5, 0.6) is 0 Å². The SMILES string of the molecule is CCOC(=O)N1CCN(C(=O)c2cnc(Nc3ccccc3C#N)cn2)CC1. The van der Waals surface area contributed by atoms with E-state index < -0.39 is 0 Å². The zero-order valence-corrected chi connectivity index (χ0v) is 15.5. The van der Waals surface area contributed by atoms with Crippen LogP contribution in [0.15, 0.2) is 36.7 Å². The first-order valence-electron chi connectivity index (χ1n) is 8.91. The zero-order chi connectivity index (χ0) is 19.9. The number of nitrogens with one attached hydrogen (secondary N) is 1. The molecule has 1 aromatic carbocycles. The van der Waals surface area contributed by atoms with Crippen LogP contribution in [0.4, 0.5) is 16.3 Å². The molecule has 144 valence electrons. The van der Waals surface area contributed by atoms with Crippen molar-refractivity contribution in [2.75, 3.05) is 38.1 Å². The standard InChI is InChI=1S/C19H20N6O3/c1-2-28-19(27)25-9-7-24(8-10-25)18(26)16-12-22-17(13-21-16)23-15-6-4-3-5-14(15)11-20/h3-6,12-13H,2,7-10H2,1H3,(H,22,23). The van der Waals surface area contributed by atoms with E-state index in [-0.39, 0.29) is 17.7 Å². The second-order valence-corrected chi connectivity index (χ2v) is 6.05. The Bertz CT molecular complexity index is 885. The largest absolute Gasteiger partial charge is 0.450 e. The van der Waals surface area contributed by atoms with Crippen molar-refractivity contribution in [2.24, 2.45) is 0 Å². The van der Waals surface area contributed by atoms with E-state index in [1.165, 1.54) is 12.4 Å². The molecule has 9 nitrogen and oxygen atoms in total. The van der Waals surface area contributed by atoms with E-state index in [1.807, 2.05) is 6.07 Å². The number of piperazine rings is 1. The summed E-state index contributed by atoms with van der Waals surface area (Å²) in [5.41, 5.74) is 1.33. The highest BCUT2D eigenvalue weighted by Gasteiger charge is 2.26. The molecule has 2 heterocycles. The van der Waals surface area contributed by atoms with Gasteiger partial charge < -0.3 is 19.9 Å². The summed E-state index contributed by atoms with van der Waals surface area (Å²) < 4.78 is 4.97. The lowest BCUT2D eigenvalue weighted by atomic mass is 10.2. The first kappa shape index (κ1) is 19.1. The van der Waals surface area contributed by atoms with E-state index in [9.17, 15) is 9.59 Å². The van der Waals surface area contributed by atoms with Crippen LogP contribution in [0.3, 0.4) is 0 Å². The predicted molar refractivity (Wildman–Crippen MR) is 101 cm³/mol. The average Bonchev–Trinajstić information content (AvgIpc) is 2.74. The summed E-state index contributed by atoms with van der Waals surface area (Å²) in [6.45, 7) is 3.75. The number of hydrogen-bond acceptors (Lipinski definition) is 7. The van der Waals surface area contributed by atoms with E-state index >= 15 is 0 Å². The van der Waals surface area contributed by atoms with Crippen LogP contribution in [0.1, 0.15) is 23.0 Å². The third-order valence-electron chi connectivity index (χ3n) is 4.27. The van der Waals surface area contributed by atoms with Gasteiger partial charge in [0.05, 0.1) is 30.3 Å². The number of amides is 2. The second kappa shape index (κ2) is 8.81. The van der Waals surface area contributed by atoms with Crippen molar-refractivity contribution in [1.29, 1.82) is 5.26 Å². The van der Waals surface area contributed by atoms with Gasteiger partial charge in [0.25, 0.3) is 5.91 Å². The van der Waals surface area contributed by atoms with Crippen molar-refractivity contribution in [3.8, 4) is 6.07 Å². The maximum Gasteiger partial charge on any atom is 0.409 e. The van der Waals surface area contributed by atoms with E-state index in [0.29, 0.717) is 49.9 Å². The summed E-state index contributed by atoms with van der Waals surface area (Å²) >= 11 is 0. The van der Waals surface area contributed by atoms with Crippen molar-refractivity contribution >= 4 is 23.5 Å². The lowest BCUT2D eigenvalue weighted by Gasteiger charge is -2.33. The van der Waals surface area contributed by atoms with Gasteiger partial charge >= 0.3 is 6.09 Å². The van der Waals surface area contributed by atoms with E-state index in [0.717, 1.165) is 0 Å². The predicted octanol–water partition coefficient (Wildman–Crippen LogP) is 2.01. The number of benzene rings is 1. The fourth-order valence-corrected chi connectivity index (χ4v) is 2.80. The summed E-state index contributed by atoms with van der Waals surface area (Å²) in [6.07, 6.45) is 2.50. The van der Waals surface area contributed by atoms with Crippen LogP contribution in [0, 0.1) is 11.3 Å². The molecule has 9 heteroatoms. The van der Waals surface area contributed by atoms with Crippen LogP contribution in [-0.2, 0) is 4.74 Å². The summed E-state index contributed by atoms with van der Waals surface area (Å²) in [6, 6.07) is 9.15. The average molecular weight is 380 g/mol. The fraction of sp³-hybridized carbons (Fsp3) is 0.316. The first-order valence-corrected chi connectivity index (χ1v) is 8.91. The Morgan fingerprint density at radius 1 is 1.14 bits per heavy atom. The van der Waals surface area contributed by atoms with Crippen LogP contribution < -0.4 is 5.32 Å². The molecule has 0 radical (unpaired) electrons. The van der Waals surface area contributed by atoms with Crippen molar-refractivity contribution in [3.05, 3.63) is 47.9 Å². The molecule has 1 aliphatic heterocycles. The second-order valence-electron chi connectivity index (χ2n) is 6.05. The Kier molecular flexibility index (Phi) is 6.01. The molecule has 1 aliphatic rings. The van der Waals surface area contributed by atoms with Gasteiger partial charge in [-0.25, -0.2) is 14.8 Å². The van der Waals surface area contributed by atoms with Gasteiger partial charge in [-0.05, 0) is 19.1 Å². The Labute approximate surface area is 162 Å². The Morgan fingerprint density at radius 2 is 1.86 bits per heavy atom. The maximum atomic E-state index is 12.6.